The van der Waals surface area contributed by atoms with Gasteiger partial charge in [0.15, 0.2) is 0 Å². The Labute approximate surface area is 250 Å². The van der Waals surface area contributed by atoms with E-state index in [9.17, 15) is 18.7 Å². The Morgan fingerprint density at radius 2 is 1.73 bits per heavy atom. The minimum absolute atomic E-state index is 0. The van der Waals surface area contributed by atoms with Crippen LogP contribution in [0, 0.1) is 5.92 Å². The summed E-state index contributed by atoms with van der Waals surface area (Å²) in [6, 6.07) is 14.1. The zero-order valence-electron chi connectivity index (χ0n) is 22.8. The molecule has 0 radical (unpaired) electrons. The molecule has 1 unspecified atom stereocenters. The van der Waals surface area contributed by atoms with Gasteiger partial charge in [0.25, 0.3) is 6.43 Å². The average molecular weight is 607 g/mol. The molecule has 41 heavy (non-hydrogen) atoms. The second-order valence-electron chi connectivity index (χ2n) is 11.2. The normalized spacial score (nSPS) is 19.9. The van der Waals surface area contributed by atoms with Gasteiger partial charge >= 0.3 is 5.97 Å². The van der Waals surface area contributed by atoms with Gasteiger partial charge in [-0.2, -0.15) is 5.10 Å². The number of aromatic carboxylic acids is 1. The summed E-state index contributed by atoms with van der Waals surface area (Å²) in [6.45, 7) is 6.69. The lowest BCUT2D eigenvalue weighted by atomic mass is 9.99. The lowest BCUT2D eigenvalue weighted by Crippen LogP contribution is -2.47. The fourth-order valence-electron chi connectivity index (χ4n) is 6.13. The number of aromatic nitrogens is 2. The quantitative estimate of drug-likeness (QED) is 0.311. The van der Waals surface area contributed by atoms with Crippen molar-refractivity contribution in [3.63, 3.8) is 0 Å². The number of hydrogen-bond donors (Lipinski definition) is 1. The van der Waals surface area contributed by atoms with E-state index in [1.807, 2.05) is 18.2 Å². The van der Waals surface area contributed by atoms with Crippen molar-refractivity contribution in [1.29, 1.82) is 0 Å². The van der Waals surface area contributed by atoms with Crippen LogP contribution in [-0.4, -0.2) is 71.6 Å². The maximum absolute atomic E-state index is 13.9. The highest BCUT2D eigenvalue weighted by Gasteiger charge is 2.31. The zero-order valence-corrected chi connectivity index (χ0v) is 24.3. The van der Waals surface area contributed by atoms with E-state index in [1.165, 1.54) is 29.8 Å². The van der Waals surface area contributed by atoms with Gasteiger partial charge in [-0.25, -0.2) is 13.6 Å². The van der Waals surface area contributed by atoms with Crippen molar-refractivity contribution in [2.24, 2.45) is 5.92 Å². The van der Waals surface area contributed by atoms with E-state index < -0.39 is 23.7 Å². The van der Waals surface area contributed by atoms with Gasteiger partial charge in [-0.3, -0.25) is 9.58 Å². The fraction of sp³-hybridized carbons (Fsp3) is 0.467. The van der Waals surface area contributed by atoms with E-state index in [-0.39, 0.29) is 18.4 Å². The molecule has 1 aromatic heterocycles. The fourth-order valence-corrected chi connectivity index (χ4v) is 6.30. The molecule has 3 heterocycles. The number of piperidine rings is 1. The third-order valence-electron chi connectivity index (χ3n) is 8.44. The van der Waals surface area contributed by atoms with Crippen LogP contribution < -0.4 is 9.80 Å². The maximum Gasteiger partial charge on any atom is 0.339 e. The van der Waals surface area contributed by atoms with Gasteiger partial charge in [-0.15, -0.1) is 12.4 Å². The van der Waals surface area contributed by atoms with Gasteiger partial charge in [0.2, 0.25) is 0 Å². The lowest BCUT2D eigenvalue weighted by molar-refractivity contribution is 0.0681. The van der Waals surface area contributed by atoms with Gasteiger partial charge in [0.1, 0.15) is 11.3 Å². The van der Waals surface area contributed by atoms with Crippen molar-refractivity contribution in [3.05, 3.63) is 64.9 Å². The van der Waals surface area contributed by atoms with Crippen LogP contribution in [0.5, 0.6) is 0 Å². The number of nitrogens with zero attached hydrogens (tertiary/aromatic N) is 5. The Morgan fingerprint density at radius 1 is 1.00 bits per heavy atom. The van der Waals surface area contributed by atoms with Gasteiger partial charge in [-0.1, -0.05) is 29.8 Å². The SMILES string of the molecule is Cl.O=C(O)c1cnn(C2CCCN(c3cc(Cl)ccc3-c3ccc(N4CCN(CC5CC5)CC4)cc3)C2)c1C(F)F. The summed E-state index contributed by atoms with van der Waals surface area (Å²) < 4.78 is 29.0. The van der Waals surface area contributed by atoms with Crippen LogP contribution in [0.25, 0.3) is 11.1 Å². The Balaban J connectivity index is 0.00000337. The van der Waals surface area contributed by atoms with Crippen molar-refractivity contribution < 1.29 is 18.7 Å². The number of carboxylic acid groups (broad SMARTS) is 1. The summed E-state index contributed by atoms with van der Waals surface area (Å²) in [7, 11) is 0. The molecule has 0 spiro atoms. The molecule has 2 aliphatic heterocycles. The molecule has 2 aromatic carbocycles. The predicted molar refractivity (Wildman–Crippen MR) is 160 cm³/mol. The van der Waals surface area contributed by atoms with E-state index in [0.29, 0.717) is 18.0 Å². The van der Waals surface area contributed by atoms with Crippen LogP contribution in [0.3, 0.4) is 0 Å². The lowest BCUT2D eigenvalue weighted by Gasteiger charge is -2.37. The Bertz CT molecular complexity index is 1360. The van der Waals surface area contributed by atoms with Crippen molar-refractivity contribution in [1.82, 2.24) is 14.7 Å². The van der Waals surface area contributed by atoms with Crippen LogP contribution in [-0.2, 0) is 0 Å². The van der Waals surface area contributed by atoms with Crippen molar-refractivity contribution in [2.75, 3.05) is 55.6 Å². The first-order chi connectivity index (χ1) is 19.4. The van der Waals surface area contributed by atoms with Crippen molar-refractivity contribution >= 4 is 41.4 Å². The van der Waals surface area contributed by atoms with Gasteiger partial charge in [0, 0.05) is 67.8 Å². The number of benzene rings is 2. The van der Waals surface area contributed by atoms with E-state index in [4.69, 9.17) is 11.6 Å². The van der Waals surface area contributed by atoms with E-state index in [1.54, 1.807) is 0 Å². The molecule has 3 aliphatic rings. The Hall–Kier alpha value is -2.88. The third kappa shape index (κ3) is 6.47. The summed E-state index contributed by atoms with van der Waals surface area (Å²) in [5.74, 6) is -0.474. The number of alkyl halides is 2. The summed E-state index contributed by atoms with van der Waals surface area (Å²) in [5, 5.41) is 14.1. The number of carboxylic acids is 1. The summed E-state index contributed by atoms with van der Waals surface area (Å²) >= 11 is 6.44. The molecule has 1 aliphatic carbocycles. The molecule has 1 saturated carbocycles. The van der Waals surface area contributed by atoms with E-state index in [0.717, 1.165) is 68.1 Å². The standard InChI is InChI=1S/C30H34ClF2N5O2.ClH/c31-22-7-10-25(21-5-8-23(9-6-21)36-14-12-35(13-15-36)18-20-3-4-20)27(16-22)37-11-1-2-24(19-37)38-28(29(32)33)26(17-34-38)30(39)40;/h5-10,16-17,20,24,29H,1-4,11-15,18-19H2,(H,39,40);1H. The largest absolute Gasteiger partial charge is 0.478 e. The van der Waals surface area contributed by atoms with Crippen LogP contribution >= 0.6 is 24.0 Å². The van der Waals surface area contributed by atoms with Gasteiger partial charge < -0.3 is 14.9 Å². The van der Waals surface area contributed by atoms with Crippen LogP contribution in [0.4, 0.5) is 20.2 Å². The highest BCUT2D eigenvalue weighted by atomic mass is 35.5. The zero-order chi connectivity index (χ0) is 27.8. The number of anilines is 2. The minimum atomic E-state index is -2.93. The van der Waals surface area contributed by atoms with E-state index >= 15 is 0 Å². The number of halogens is 4. The maximum atomic E-state index is 13.9. The molecule has 3 fully saturated rings. The van der Waals surface area contributed by atoms with Crippen LogP contribution in [0.15, 0.2) is 48.7 Å². The Kier molecular flexibility index (Phi) is 9.06. The van der Waals surface area contributed by atoms with Crippen LogP contribution in [0.2, 0.25) is 5.02 Å². The van der Waals surface area contributed by atoms with E-state index in [2.05, 4.69) is 44.1 Å². The number of hydrogen-bond acceptors (Lipinski definition) is 5. The average Bonchev–Trinajstić information content (AvgIpc) is 3.66. The molecule has 11 heteroatoms. The molecule has 0 bridgehead atoms. The highest BCUT2D eigenvalue weighted by molar-refractivity contribution is 6.31. The number of carbonyl (C=O) groups is 1. The molecule has 6 rings (SSSR count). The molecular formula is C30H35Cl2F2N5O2. The molecule has 1 atom stereocenters. The second-order valence-corrected chi connectivity index (χ2v) is 11.6. The first-order valence-electron chi connectivity index (χ1n) is 14.1. The topological polar surface area (TPSA) is 64.8 Å². The second kappa shape index (κ2) is 12.5. The summed E-state index contributed by atoms with van der Waals surface area (Å²) in [4.78, 5) is 18.7. The summed E-state index contributed by atoms with van der Waals surface area (Å²) in [6.07, 6.45) is 2.27. The van der Waals surface area contributed by atoms with Gasteiger partial charge in [0.05, 0.1) is 12.2 Å². The number of rotatable bonds is 8. The van der Waals surface area contributed by atoms with Crippen molar-refractivity contribution in [2.45, 2.75) is 38.2 Å². The van der Waals surface area contributed by atoms with Crippen molar-refractivity contribution in [3.8, 4) is 11.1 Å². The molecular weight excluding hydrogens is 571 g/mol. The molecule has 220 valence electrons. The monoisotopic (exact) mass is 605 g/mol. The first kappa shape index (κ1) is 29.6. The van der Waals surface area contributed by atoms with Gasteiger partial charge in [-0.05, 0) is 61.4 Å². The summed E-state index contributed by atoms with van der Waals surface area (Å²) in [5.41, 5.74) is 3.25. The number of piperazine rings is 1. The molecule has 3 aromatic rings. The smallest absolute Gasteiger partial charge is 0.339 e. The molecule has 1 N–H and O–H groups in total. The molecule has 2 saturated heterocycles. The first-order valence-corrected chi connectivity index (χ1v) is 14.5. The third-order valence-corrected chi connectivity index (χ3v) is 8.68. The predicted octanol–water partition coefficient (Wildman–Crippen LogP) is 6.63. The highest BCUT2D eigenvalue weighted by Crippen LogP contribution is 2.38. The minimum Gasteiger partial charge on any atom is -0.478 e. The van der Waals surface area contributed by atoms with Crippen LogP contribution in [0.1, 0.15) is 54.2 Å². The molecule has 7 nitrogen and oxygen atoms in total. The molecule has 0 amide bonds. The Morgan fingerprint density at radius 3 is 2.39 bits per heavy atom.